The summed E-state index contributed by atoms with van der Waals surface area (Å²) in [6.07, 6.45) is 0.410. The van der Waals surface area contributed by atoms with Gasteiger partial charge in [0.2, 0.25) is 0 Å². The van der Waals surface area contributed by atoms with Crippen LogP contribution in [0.4, 0.5) is 5.69 Å². The fraction of sp³-hybridized carbons (Fsp3) is 0.188. The number of carbonyl (C=O) groups excluding carboxylic acids is 2. The van der Waals surface area contributed by atoms with Crippen molar-refractivity contribution in [3.05, 3.63) is 57.8 Å². The molecule has 1 unspecified atom stereocenters. The summed E-state index contributed by atoms with van der Waals surface area (Å²) in [5, 5.41) is 3.35. The number of benzene rings is 1. The average molecular weight is 353 g/mol. The van der Waals surface area contributed by atoms with Crippen LogP contribution in [-0.2, 0) is 9.53 Å². The van der Waals surface area contributed by atoms with E-state index in [0.717, 1.165) is 5.56 Å². The third kappa shape index (κ3) is 4.68. The number of ether oxygens (including phenoxy) is 1. The number of aromatic nitrogens is 1. The Labute approximate surface area is 143 Å². The molecule has 0 spiro atoms. The van der Waals surface area contributed by atoms with Crippen molar-refractivity contribution in [2.45, 2.75) is 20.0 Å². The van der Waals surface area contributed by atoms with Crippen molar-refractivity contribution in [2.24, 2.45) is 0 Å². The first-order valence-electron chi connectivity index (χ1n) is 6.76. The number of aryl methyl sites for hydroxylation is 1. The lowest BCUT2D eigenvalue weighted by Crippen LogP contribution is -2.30. The van der Waals surface area contributed by atoms with Crippen molar-refractivity contribution in [3.63, 3.8) is 0 Å². The van der Waals surface area contributed by atoms with E-state index >= 15 is 0 Å². The maximum atomic E-state index is 12.1. The highest BCUT2D eigenvalue weighted by atomic mass is 35.5. The molecule has 0 aliphatic carbocycles. The first-order valence-corrected chi connectivity index (χ1v) is 7.52. The highest BCUT2D eigenvalue weighted by Gasteiger charge is 2.19. The Morgan fingerprint density at radius 3 is 2.61 bits per heavy atom. The maximum Gasteiger partial charge on any atom is 0.339 e. The summed E-state index contributed by atoms with van der Waals surface area (Å²) in [4.78, 5) is 27.8. The lowest BCUT2D eigenvalue weighted by molar-refractivity contribution is -0.123. The Morgan fingerprint density at radius 1 is 1.22 bits per heavy atom. The van der Waals surface area contributed by atoms with E-state index in [-0.39, 0.29) is 10.7 Å². The van der Waals surface area contributed by atoms with Crippen LogP contribution >= 0.6 is 23.2 Å². The normalized spacial score (nSPS) is 11.7. The molecule has 7 heteroatoms. The smallest absolute Gasteiger partial charge is 0.339 e. The van der Waals surface area contributed by atoms with Crippen LogP contribution in [0, 0.1) is 6.92 Å². The van der Waals surface area contributed by atoms with Crippen molar-refractivity contribution < 1.29 is 14.3 Å². The molecule has 23 heavy (non-hydrogen) atoms. The molecular formula is C16H14Cl2N2O3. The summed E-state index contributed by atoms with van der Waals surface area (Å²) in [6, 6.07) is 7.96. The first-order chi connectivity index (χ1) is 10.9. The van der Waals surface area contributed by atoms with Gasteiger partial charge in [0.1, 0.15) is 5.15 Å². The van der Waals surface area contributed by atoms with Crippen molar-refractivity contribution in [2.75, 3.05) is 5.32 Å². The van der Waals surface area contributed by atoms with E-state index in [4.69, 9.17) is 27.9 Å². The van der Waals surface area contributed by atoms with Crippen LogP contribution in [0.5, 0.6) is 0 Å². The number of esters is 1. The predicted molar refractivity (Wildman–Crippen MR) is 88.9 cm³/mol. The summed E-state index contributed by atoms with van der Waals surface area (Å²) in [6.45, 7) is 3.34. The number of carbonyl (C=O) groups is 2. The molecule has 0 saturated carbocycles. The van der Waals surface area contributed by atoms with Gasteiger partial charge in [-0.1, -0.05) is 29.3 Å². The van der Waals surface area contributed by atoms with Crippen molar-refractivity contribution in [1.29, 1.82) is 0 Å². The van der Waals surface area contributed by atoms with Gasteiger partial charge in [0.25, 0.3) is 5.91 Å². The molecule has 1 heterocycles. The average Bonchev–Trinajstić information content (AvgIpc) is 2.50. The third-order valence-electron chi connectivity index (χ3n) is 3.05. The zero-order valence-electron chi connectivity index (χ0n) is 12.5. The number of halogens is 2. The number of rotatable bonds is 4. The molecule has 1 aromatic heterocycles. The number of nitrogens with zero attached hydrogens (tertiary/aromatic N) is 1. The number of amides is 1. The van der Waals surface area contributed by atoms with Crippen LogP contribution in [0.15, 0.2) is 36.5 Å². The molecule has 0 saturated heterocycles. The molecule has 0 aliphatic rings. The summed E-state index contributed by atoms with van der Waals surface area (Å²) < 4.78 is 5.11. The van der Waals surface area contributed by atoms with E-state index in [0.29, 0.717) is 10.7 Å². The minimum Gasteiger partial charge on any atom is -0.449 e. The molecule has 0 aliphatic heterocycles. The topological polar surface area (TPSA) is 68.3 Å². The molecular weight excluding hydrogens is 339 g/mol. The second-order valence-electron chi connectivity index (χ2n) is 4.87. The Balaban J connectivity index is 1.99. The summed E-state index contributed by atoms with van der Waals surface area (Å²) in [5.74, 6) is -1.11. The fourth-order valence-corrected chi connectivity index (χ4v) is 2.08. The van der Waals surface area contributed by atoms with Crippen LogP contribution < -0.4 is 5.32 Å². The summed E-state index contributed by atoms with van der Waals surface area (Å²) in [5.41, 5.74) is 1.65. The Morgan fingerprint density at radius 2 is 1.96 bits per heavy atom. The zero-order chi connectivity index (χ0) is 17.0. The molecule has 5 nitrogen and oxygen atoms in total. The Kier molecular flexibility index (Phi) is 5.58. The second-order valence-corrected chi connectivity index (χ2v) is 5.66. The second kappa shape index (κ2) is 7.44. The molecule has 0 radical (unpaired) electrons. The van der Waals surface area contributed by atoms with E-state index in [2.05, 4.69) is 10.3 Å². The van der Waals surface area contributed by atoms with Gasteiger partial charge in [-0.15, -0.1) is 0 Å². The van der Waals surface area contributed by atoms with Gasteiger partial charge in [0.15, 0.2) is 6.10 Å². The Hall–Kier alpha value is -2.11. The van der Waals surface area contributed by atoms with Gasteiger partial charge >= 0.3 is 5.97 Å². The van der Waals surface area contributed by atoms with Gasteiger partial charge in [-0.2, -0.15) is 0 Å². The molecule has 1 atom stereocenters. The molecule has 0 fully saturated rings. The zero-order valence-corrected chi connectivity index (χ0v) is 14.0. The van der Waals surface area contributed by atoms with E-state index in [1.165, 1.54) is 25.3 Å². The number of anilines is 1. The molecule has 0 bridgehead atoms. The monoisotopic (exact) mass is 352 g/mol. The lowest BCUT2D eigenvalue weighted by Gasteiger charge is -2.14. The van der Waals surface area contributed by atoms with E-state index in [9.17, 15) is 9.59 Å². The molecule has 120 valence electrons. The number of pyridine rings is 1. The van der Waals surface area contributed by atoms with Gasteiger partial charge in [-0.3, -0.25) is 4.79 Å². The SMILES string of the molecule is Cc1ccc(NC(=O)C(C)OC(=O)c2ccnc(Cl)c2)cc1Cl. The van der Waals surface area contributed by atoms with Gasteiger partial charge in [-0.25, -0.2) is 9.78 Å². The standard InChI is InChI=1S/C16H14Cl2N2O3/c1-9-3-4-12(8-13(9)17)20-15(21)10(2)23-16(22)11-5-6-19-14(18)7-11/h3-8,10H,1-2H3,(H,20,21). The minimum absolute atomic E-state index is 0.172. The van der Waals surface area contributed by atoms with Crippen molar-refractivity contribution >= 4 is 40.8 Å². The largest absolute Gasteiger partial charge is 0.449 e. The summed E-state index contributed by atoms with van der Waals surface area (Å²) >= 11 is 11.7. The van der Waals surface area contributed by atoms with Crippen LogP contribution in [0.2, 0.25) is 10.2 Å². The first kappa shape index (κ1) is 17.2. The Bertz CT molecular complexity index is 750. The van der Waals surface area contributed by atoms with Crippen LogP contribution in [0.1, 0.15) is 22.8 Å². The third-order valence-corrected chi connectivity index (χ3v) is 3.67. The van der Waals surface area contributed by atoms with Crippen LogP contribution in [-0.4, -0.2) is 23.0 Å². The number of hydrogen-bond acceptors (Lipinski definition) is 4. The number of hydrogen-bond donors (Lipinski definition) is 1. The highest BCUT2D eigenvalue weighted by Crippen LogP contribution is 2.20. The quantitative estimate of drug-likeness (QED) is 0.669. The van der Waals surface area contributed by atoms with Gasteiger partial charge in [0, 0.05) is 16.9 Å². The van der Waals surface area contributed by atoms with E-state index in [1.54, 1.807) is 18.2 Å². The number of nitrogens with one attached hydrogen (secondary N) is 1. The molecule has 1 aromatic carbocycles. The van der Waals surface area contributed by atoms with Gasteiger partial charge < -0.3 is 10.1 Å². The van der Waals surface area contributed by atoms with E-state index in [1.807, 2.05) is 6.92 Å². The van der Waals surface area contributed by atoms with Crippen molar-refractivity contribution in [3.8, 4) is 0 Å². The predicted octanol–water partition coefficient (Wildman–Crippen LogP) is 3.88. The highest BCUT2D eigenvalue weighted by molar-refractivity contribution is 6.31. The summed E-state index contributed by atoms with van der Waals surface area (Å²) in [7, 11) is 0. The maximum absolute atomic E-state index is 12.1. The fourth-order valence-electron chi connectivity index (χ4n) is 1.73. The van der Waals surface area contributed by atoms with E-state index < -0.39 is 18.0 Å². The van der Waals surface area contributed by atoms with Crippen molar-refractivity contribution in [1.82, 2.24) is 4.98 Å². The van der Waals surface area contributed by atoms with Gasteiger partial charge in [-0.05, 0) is 43.7 Å². The van der Waals surface area contributed by atoms with Crippen LogP contribution in [0.3, 0.4) is 0 Å². The van der Waals surface area contributed by atoms with Gasteiger partial charge in [0.05, 0.1) is 5.56 Å². The van der Waals surface area contributed by atoms with Crippen LogP contribution in [0.25, 0.3) is 0 Å². The molecule has 2 rings (SSSR count). The molecule has 2 aromatic rings. The minimum atomic E-state index is -0.977. The molecule has 1 amide bonds. The lowest BCUT2D eigenvalue weighted by atomic mass is 10.2. The molecule has 1 N–H and O–H groups in total.